The minimum absolute atomic E-state index is 0.615. The molecule has 2 rings (SSSR count). The van der Waals surface area contributed by atoms with Crippen molar-refractivity contribution in [2.24, 2.45) is 5.92 Å². The van der Waals surface area contributed by atoms with Gasteiger partial charge in [-0.1, -0.05) is 31.9 Å². The van der Waals surface area contributed by atoms with Crippen LogP contribution >= 0.6 is 0 Å². The molecule has 0 heterocycles. The van der Waals surface area contributed by atoms with E-state index in [0.717, 1.165) is 12.3 Å². The Morgan fingerprint density at radius 3 is 2.87 bits per heavy atom. The van der Waals surface area contributed by atoms with E-state index < -0.39 is 0 Å². The lowest BCUT2D eigenvalue weighted by molar-refractivity contribution is 0.642. The van der Waals surface area contributed by atoms with Crippen LogP contribution in [0.2, 0.25) is 0 Å². The molecule has 1 heteroatoms. The van der Waals surface area contributed by atoms with Crippen LogP contribution in [0.1, 0.15) is 38.7 Å². The number of anilines is 1. The van der Waals surface area contributed by atoms with Crippen molar-refractivity contribution < 1.29 is 0 Å². The highest BCUT2D eigenvalue weighted by Crippen LogP contribution is 2.34. The normalized spacial score (nSPS) is 17.5. The maximum atomic E-state index is 3.59. The topological polar surface area (TPSA) is 12.0 Å². The summed E-state index contributed by atoms with van der Waals surface area (Å²) in [6, 6.07) is 9.39. The molecule has 0 amide bonds. The third kappa shape index (κ3) is 3.26. The Hall–Kier alpha value is -0.980. The van der Waals surface area contributed by atoms with Crippen LogP contribution < -0.4 is 5.32 Å². The van der Waals surface area contributed by atoms with Gasteiger partial charge in [0.1, 0.15) is 0 Å². The van der Waals surface area contributed by atoms with E-state index in [1.165, 1.54) is 30.5 Å². The van der Waals surface area contributed by atoms with Crippen molar-refractivity contribution in [3.05, 3.63) is 29.8 Å². The molecule has 15 heavy (non-hydrogen) atoms. The zero-order valence-corrected chi connectivity index (χ0v) is 9.79. The SMILES string of the molecule is CCc1cccc(NC(C)CC2CC2)c1. The van der Waals surface area contributed by atoms with Gasteiger partial charge >= 0.3 is 0 Å². The number of hydrogen-bond donors (Lipinski definition) is 1. The lowest BCUT2D eigenvalue weighted by Crippen LogP contribution is -2.15. The minimum Gasteiger partial charge on any atom is -0.383 e. The van der Waals surface area contributed by atoms with Crippen LogP contribution in [0.15, 0.2) is 24.3 Å². The Morgan fingerprint density at radius 1 is 1.40 bits per heavy atom. The predicted octanol–water partition coefficient (Wildman–Crippen LogP) is 3.85. The Kier molecular flexibility index (Phi) is 3.30. The Balaban J connectivity index is 1.90. The van der Waals surface area contributed by atoms with E-state index >= 15 is 0 Å². The Morgan fingerprint density at radius 2 is 2.20 bits per heavy atom. The number of hydrogen-bond acceptors (Lipinski definition) is 1. The summed E-state index contributed by atoms with van der Waals surface area (Å²) < 4.78 is 0. The van der Waals surface area contributed by atoms with Crippen LogP contribution in [0.5, 0.6) is 0 Å². The fourth-order valence-corrected chi connectivity index (χ4v) is 2.08. The van der Waals surface area contributed by atoms with Gasteiger partial charge in [-0.05, 0) is 43.4 Å². The first-order chi connectivity index (χ1) is 7.28. The maximum Gasteiger partial charge on any atom is 0.0344 e. The van der Waals surface area contributed by atoms with E-state index in [-0.39, 0.29) is 0 Å². The molecule has 0 aromatic heterocycles. The maximum absolute atomic E-state index is 3.59. The van der Waals surface area contributed by atoms with Crippen molar-refractivity contribution in [3.63, 3.8) is 0 Å². The first kappa shape index (κ1) is 10.5. The smallest absolute Gasteiger partial charge is 0.0344 e. The van der Waals surface area contributed by atoms with Crippen molar-refractivity contribution in [3.8, 4) is 0 Å². The lowest BCUT2D eigenvalue weighted by atomic mass is 10.1. The molecule has 1 aliphatic rings. The fourth-order valence-electron chi connectivity index (χ4n) is 2.08. The highest BCUT2D eigenvalue weighted by molar-refractivity contribution is 5.46. The summed E-state index contributed by atoms with van der Waals surface area (Å²) in [5.41, 5.74) is 2.70. The summed E-state index contributed by atoms with van der Waals surface area (Å²) in [6.07, 6.45) is 5.34. The minimum atomic E-state index is 0.615. The molecular weight excluding hydrogens is 182 g/mol. The molecule has 1 atom stereocenters. The van der Waals surface area contributed by atoms with Gasteiger partial charge in [-0.15, -0.1) is 0 Å². The van der Waals surface area contributed by atoms with E-state index in [0.29, 0.717) is 6.04 Å². The Bertz CT molecular complexity index is 315. The van der Waals surface area contributed by atoms with E-state index in [1.54, 1.807) is 0 Å². The summed E-state index contributed by atoms with van der Waals surface area (Å²) in [7, 11) is 0. The van der Waals surface area contributed by atoms with E-state index in [4.69, 9.17) is 0 Å². The molecule has 0 radical (unpaired) electrons. The summed E-state index contributed by atoms with van der Waals surface area (Å²) in [5.74, 6) is 1.00. The highest BCUT2D eigenvalue weighted by atomic mass is 14.9. The average molecular weight is 203 g/mol. The monoisotopic (exact) mass is 203 g/mol. The summed E-state index contributed by atoms with van der Waals surface area (Å²) >= 11 is 0. The molecule has 1 N–H and O–H groups in total. The van der Waals surface area contributed by atoms with Crippen LogP contribution in [0.3, 0.4) is 0 Å². The first-order valence-electron chi connectivity index (χ1n) is 6.13. The van der Waals surface area contributed by atoms with Crippen molar-refractivity contribution in [1.82, 2.24) is 0 Å². The van der Waals surface area contributed by atoms with Crippen molar-refractivity contribution in [2.75, 3.05) is 5.32 Å². The van der Waals surface area contributed by atoms with Gasteiger partial charge in [0.2, 0.25) is 0 Å². The van der Waals surface area contributed by atoms with Gasteiger partial charge in [0, 0.05) is 11.7 Å². The van der Waals surface area contributed by atoms with Crippen LogP contribution in [0, 0.1) is 5.92 Å². The number of aryl methyl sites for hydroxylation is 1. The molecule has 0 saturated heterocycles. The van der Waals surface area contributed by atoms with Crippen LogP contribution in [0.4, 0.5) is 5.69 Å². The number of rotatable bonds is 5. The standard InChI is InChI=1S/C14H21N/c1-3-12-5-4-6-14(10-12)15-11(2)9-13-7-8-13/h4-6,10-11,13,15H,3,7-9H2,1-2H3. The molecule has 1 unspecified atom stereocenters. The van der Waals surface area contributed by atoms with Crippen LogP contribution in [-0.2, 0) is 6.42 Å². The fraction of sp³-hybridized carbons (Fsp3) is 0.571. The second-order valence-corrected chi connectivity index (χ2v) is 4.78. The van der Waals surface area contributed by atoms with E-state index in [1.807, 2.05) is 0 Å². The molecule has 82 valence electrons. The molecule has 0 aliphatic heterocycles. The summed E-state index contributed by atoms with van der Waals surface area (Å²) in [4.78, 5) is 0. The predicted molar refractivity (Wildman–Crippen MR) is 66.2 cm³/mol. The Labute approximate surface area is 92.9 Å². The van der Waals surface area contributed by atoms with Crippen LogP contribution in [0.25, 0.3) is 0 Å². The third-order valence-corrected chi connectivity index (χ3v) is 3.13. The summed E-state index contributed by atoms with van der Waals surface area (Å²) in [5, 5.41) is 3.59. The number of benzene rings is 1. The highest BCUT2D eigenvalue weighted by Gasteiger charge is 2.23. The largest absolute Gasteiger partial charge is 0.383 e. The van der Waals surface area contributed by atoms with Gasteiger partial charge in [0.15, 0.2) is 0 Å². The van der Waals surface area contributed by atoms with Gasteiger partial charge in [-0.2, -0.15) is 0 Å². The van der Waals surface area contributed by atoms with Crippen molar-refractivity contribution in [2.45, 2.75) is 45.6 Å². The molecule has 0 bridgehead atoms. The molecule has 1 aromatic rings. The molecule has 1 aliphatic carbocycles. The average Bonchev–Trinajstić information content (AvgIpc) is 3.02. The third-order valence-electron chi connectivity index (χ3n) is 3.13. The first-order valence-corrected chi connectivity index (χ1v) is 6.13. The van der Waals surface area contributed by atoms with Gasteiger partial charge in [-0.3, -0.25) is 0 Å². The van der Waals surface area contributed by atoms with Gasteiger partial charge in [0.05, 0.1) is 0 Å². The van der Waals surface area contributed by atoms with Crippen molar-refractivity contribution >= 4 is 5.69 Å². The second kappa shape index (κ2) is 4.69. The second-order valence-electron chi connectivity index (χ2n) is 4.78. The van der Waals surface area contributed by atoms with Crippen molar-refractivity contribution in [1.29, 1.82) is 0 Å². The van der Waals surface area contributed by atoms with Gasteiger partial charge in [0.25, 0.3) is 0 Å². The molecular formula is C14H21N. The molecule has 1 nitrogen and oxygen atoms in total. The number of nitrogens with one attached hydrogen (secondary N) is 1. The molecule has 1 aromatic carbocycles. The molecule has 1 saturated carbocycles. The van der Waals surface area contributed by atoms with E-state index in [2.05, 4.69) is 43.4 Å². The molecule has 0 spiro atoms. The summed E-state index contributed by atoms with van der Waals surface area (Å²) in [6.45, 7) is 4.49. The van der Waals surface area contributed by atoms with Gasteiger partial charge < -0.3 is 5.32 Å². The van der Waals surface area contributed by atoms with Crippen LogP contribution in [-0.4, -0.2) is 6.04 Å². The van der Waals surface area contributed by atoms with E-state index in [9.17, 15) is 0 Å². The lowest BCUT2D eigenvalue weighted by Gasteiger charge is -2.15. The molecule has 1 fully saturated rings. The zero-order chi connectivity index (χ0) is 10.7. The van der Waals surface area contributed by atoms with Gasteiger partial charge in [-0.25, -0.2) is 0 Å². The quantitative estimate of drug-likeness (QED) is 0.766. The zero-order valence-electron chi connectivity index (χ0n) is 9.79.